The maximum atomic E-state index is 13.1. The second-order valence-corrected chi connectivity index (χ2v) is 8.53. The van der Waals surface area contributed by atoms with Crippen molar-refractivity contribution in [2.24, 2.45) is 5.92 Å². The standard InChI is InChI=1S/C16H22N2O2S/c1-11-7-14-9-17-10-16(14)18(11)21(19,20)15-6-5-12-3-2-4-13(12)8-15/h5-6,8,11,14,16-17H,2-4,7,9-10H2,1H3. The van der Waals surface area contributed by atoms with Gasteiger partial charge in [0.25, 0.3) is 0 Å². The summed E-state index contributed by atoms with van der Waals surface area (Å²) in [6.07, 6.45) is 4.22. The molecule has 3 unspecified atom stereocenters. The number of benzene rings is 1. The van der Waals surface area contributed by atoms with Crippen molar-refractivity contribution in [1.82, 2.24) is 9.62 Å². The number of fused-ring (bicyclic) bond motifs is 2. The van der Waals surface area contributed by atoms with Crippen molar-refractivity contribution in [2.75, 3.05) is 13.1 Å². The number of hydrogen-bond donors (Lipinski definition) is 1. The molecule has 3 aliphatic rings. The molecule has 0 amide bonds. The van der Waals surface area contributed by atoms with Gasteiger partial charge in [-0.15, -0.1) is 0 Å². The van der Waals surface area contributed by atoms with Crippen LogP contribution in [0.4, 0.5) is 0 Å². The van der Waals surface area contributed by atoms with E-state index in [1.807, 2.05) is 25.1 Å². The van der Waals surface area contributed by atoms with Gasteiger partial charge in [-0.05, 0) is 68.3 Å². The van der Waals surface area contributed by atoms with Gasteiger partial charge in [-0.1, -0.05) is 6.07 Å². The Bertz CT molecular complexity index is 671. The van der Waals surface area contributed by atoms with E-state index >= 15 is 0 Å². The Kier molecular flexibility index (Phi) is 3.14. The van der Waals surface area contributed by atoms with E-state index in [1.54, 1.807) is 4.31 Å². The van der Waals surface area contributed by atoms with Crippen LogP contribution in [0.1, 0.15) is 30.9 Å². The number of nitrogens with one attached hydrogen (secondary N) is 1. The Morgan fingerprint density at radius 1 is 1.19 bits per heavy atom. The van der Waals surface area contributed by atoms with Crippen molar-refractivity contribution in [2.45, 2.75) is 49.6 Å². The van der Waals surface area contributed by atoms with Gasteiger partial charge in [-0.25, -0.2) is 8.42 Å². The normalized spacial score (nSPS) is 32.3. The maximum absolute atomic E-state index is 13.1. The first-order valence-corrected chi connectivity index (χ1v) is 9.37. The molecule has 3 atom stereocenters. The van der Waals surface area contributed by atoms with Crippen LogP contribution in [0.3, 0.4) is 0 Å². The van der Waals surface area contributed by atoms with E-state index < -0.39 is 10.0 Å². The van der Waals surface area contributed by atoms with E-state index in [4.69, 9.17) is 0 Å². The SMILES string of the molecule is CC1CC2CNCC2N1S(=O)(=O)c1ccc2c(c1)CCC2. The van der Waals surface area contributed by atoms with Gasteiger partial charge >= 0.3 is 0 Å². The summed E-state index contributed by atoms with van der Waals surface area (Å²) < 4.78 is 27.9. The van der Waals surface area contributed by atoms with Crippen LogP contribution in [0.15, 0.2) is 23.1 Å². The summed E-state index contributed by atoms with van der Waals surface area (Å²) in [5, 5.41) is 3.33. The van der Waals surface area contributed by atoms with E-state index in [9.17, 15) is 8.42 Å². The summed E-state index contributed by atoms with van der Waals surface area (Å²) in [4.78, 5) is 0.488. The van der Waals surface area contributed by atoms with Gasteiger partial charge in [0.2, 0.25) is 10.0 Å². The van der Waals surface area contributed by atoms with Gasteiger partial charge in [-0.2, -0.15) is 4.31 Å². The van der Waals surface area contributed by atoms with Crippen molar-refractivity contribution in [3.8, 4) is 0 Å². The largest absolute Gasteiger partial charge is 0.315 e. The Hall–Kier alpha value is -0.910. The minimum absolute atomic E-state index is 0.111. The van der Waals surface area contributed by atoms with Crippen molar-refractivity contribution in [1.29, 1.82) is 0 Å². The molecule has 0 bridgehead atoms. The molecule has 2 heterocycles. The van der Waals surface area contributed by atoms with Crippen LogP contribution >= 0.6 is 0 Å². The highest BCUT2D eigenvalue weighted by Crippen LogP contribution is 2.37. The Labute approximate surface area is 126 Å². The fourth-order valence-electron chi connectivity index (χ4n) is 4.37. The Balaban J connectivity index is 1.73. The molecule has 2 saturated heterocycles. The van der Waals surface area contributed by atoms with Crippen molar-refractivity contribution >= 4 is 10.0 Å². The zero-order valence-electron chi connectivity index (χ0n) is 12.4. The third kappa shape index (κ3) is 2.05. The monoisotopic (exact) mass is 306 g/mol. The van der Waals surface area contributed by atoms with Crippen LogP contribution in [0.25, 0.3) is 0 Å². The van der Waals surface area contributed by atoms with E-state index in [-0.39, 0.29) is 12.1 Å². The molecule has 1 aliphatic carbocycles. The smallest absolute Gasteiger partial charge is 0.243 e. The first-order valence-electron chi connectivity index (χ1n) is 7.93. The predicted octanol–water partition coefficient (Wildman–Crippen LogP) is 1.55. The minimum Gasteiger partial charge on any atom is -0.315 e. The lowest BCUT2D eigenvalue weighted by atomic mass is 10.0. The quantitative estimate of drug-likeness (QED) is 0.902. The topological polar surface area (TPSA) is 49.4 Å². The lowest BCUT2D eigenvalue weighted by molar-refractivity contribution is 0.335. The molecule has 0 saturated carbocycles. The van der Waals surface area contributed by atoms with Crippen LogP contribution in [-0.4, -0.2) is 37.9 Å². The van der Waals surface area contributed by atoms with E-state index in [1.165, 1.54) is 11.1 Å². The minimum atomic E-state index is -3.37. The highest BCUT2D eigenvalue weighted by atomic mass is 32.2. The first-order chi connectivity index (χ1) is 10.1. The van der Waals surface area contributed by atoms with E-state index in [0.717, 1.165) is 38.8 Å². The number of hydrogen-bond acceptors (Lipinski definition) is 3. The fourth-order valence-corrected chi connectivity index (χ4v) is 6.31. The molecule has 0 radical (unpaired) electrons. The predicted molar refractivity (Wildman–Crippen MR) is 81.7 cm³/mol. The van der Waals surface area contributed by atoms with E-state index in [0.29, 0.717) is 10.8 Å². The Morgan fingerprint density at radius 3 is 2.86 bits per heavy atom. The summed E-state index contributed by atoms with van der Waals surface area (Å²) in [5.74, 6) is 0.476. The third-order valence-corrected chi connectivity index (χ3v) is 7.39. The maximum Gasteiger partial charge on any atom is 0.243 e. The van der Waals surface area contributed by atoms with Gasteiger partial charge in [0.1, 0.15) is 0 Å². The Morgan fingerprint density at radius 2 is 2.00 bits per heavy atom. The second kappa shape index (κ2) is 4.80. The summed E-state index contributed by atoms with van der Waals surface area (Å²) in [7, 11) is -3.37. The molecular formula is C16H22N2O2S. The van der Waals surface area contributed by atoms with Crippen LogP contribution < -0.4 is 5.32 Å². The van der Waals surface area contributed by atoms with Gasteiger partial charge < -0.3 is 5.32 Å². The summed E-state index contributed by atoms with van der Waals surface area (Å²) in [5.41, 5.74) is 2.55. The van der Waals surface area contributed by atoms with Crippen molar-refractivity contribution in [3.63, 3.8) is 0 Å². The van der Waals surface area contributed by atoms with Gasteiger partial charge in [-0.3, -0.25) is 0 Å². The molecular weight excluding hydrogens is 284 g/mol. The summed E-state index contributed by atoms with van der Waals surface area (Å²) in [6, 6.07) is 5.99. The first kappa shape index (κ1) is 13.7. The van der Waals surface area contributed by atoms with Crippen molar-refractivity contribution in [3.05, 3.63) is 29.3 Å². The zero-order valence-corrected chi connectivity index (χ0v) is 13.2. The molecule has 1 aromatic rings. The second-order valence-electron chi connectivity index (χ2n) is 6.69. The van der Waals surface area contributed by atoms with Crippen LogP contribution in [0.5, 0.6) is 0 Å². The van der Waals surface area contributed by atoms with E-state index in [2.05, 4.69) is 5.32 Å². The highest BCUT2D eigenvalue weighted by Gasteiger charge is 2.47. The van der Waals surface area contributed by atoms with Gasteiger partial charge in [0, 0.05) is 18.6 Å². The molecule has 4 rings (SSSR count). The molecule has 0 aromatic heterocycles. The molecule has 2 fully saturated rings. The molecule has 1 aromatic carbocycles. The number of nitrogens with zero attached hydrogens (tertiary/aromatic N) is 1. The average molecular weight is 306 g/mol. The van der Waals surface area contributed by atoms with Gasteiger partial charge in [0.05, 0.1) is 4.90 Å². The lowest BCUT2D eigenvalue weighted by Gasteiger charge is -2.27. The number of sulfonamides is 1. The lowest BCUT2D eigenvalue weighted by Crippen LogP contribution is -2.42. The van der Waals surface area contributed by atoms with Gasteiger partial charge in [0.15, 0.2) is 0 Å². The number of aryl methyl sites for hydroxylation is 2. The van der Waals surface area contributed by atoms with Crippen LogP contribution in [0.2, 0.25) is 0 Å². The fraction of sp³-hybridized carbons (Fsp3) is 0.625. The zero-order chi connectivity index (χ0) is 14.6. The number of rotatable bonds is 2. The molecule has 5 heteroatoms. The molecule has 1 N–H and O–H groups in total. The van der Waals surface area contributed by atoms with Crippen LogP contribution in [0, 0.1) is 5.92 Å². The summed E-state index contributed by atoms with van der Waals surface area (Å²) in [6.45, 7) is 3.79. The average Bonchev–Trinajstić information content (AvgIpc) is 3.11. The van der Waals surface area contributed by atoms with Crippen molar-refractivity contribution < 1.29 is 8.42 Å². The summed E-state index contributed by atoms with van der Waals surface area (Å²) >= 11 is 0. The molecule has 21 heavy (non-hydrogen) atoms. The molecule has 114 valence electrons. The molecule has 4 nitrogen and oxygen atoms in total. The third-order valence-electron chi connectivity index (χ3n) is 5.35. The highest BCUT2D eigenvalue weighted by molar-refractivity contribution is 7.89. The molecule has 2 aliphatic heterocycles. The van der Waals surface area contributed by atoms with Crippen LogP contribution in [-0.2, 0) is 22.9 Å². The molecule has 0 spiro atoms.